The highest BCUT2D eigenvalue weighted by molar-refractivity contribution is 5.33. The minimum Gasteiger partial charge on any atom is -0.0622 e. The van der Waals surface area contributed by atoms with Gasteiger partial charge >= 0.3 is 0 Å². The molecule has 0 saturated carbocycles. The van der Waals surface area contributed by atoms with Gasteiger partial charge in [-0.15, -0.1) is 0 Å². The lowest BCUT2D eigenvalue weighted by Crippen LogP contribution is -2.08. The summed E-state index contributed by atoms with van der Waals surface area (Å²) in [5.74, 6) is 0.512. The number of aryl methyl sites for hydroxylation is 2. The second-order valence-corrected chi connectivity index (χ2v) is 6.37. The van der Waals surface area contributed by atoms with Crippen molar-refractivity contribution in [1.82, 2.24) is 0 Å². The summed E-state index contributed by atoms with van der Waals surface area (Å²) in [4.78, 5) is 0. The summed E-state index contributed by atoms with van der Waals surface area (Å²) in [6, 6.07) is 28.4. The van der Waals surface area contributed by atoms with Crippen molar-refractivity contribution in [2.75, 3.05) is 0 Å². The molecule has 0 heterocycles. The lowest BCUT2D eigenvalue weighted by molar-refractivity contribution is 0.675. The van der Waals surface area contributed by atoms with Gasteiger partial charge in [0.2, 0.25) is 0 Å². The highest BCUT2D eigenvalue weighted by atomic mass is 14.2. The maximum absolute atomic E-state index is 2.27. The van der Waals surface area contributed by atoms with Gasteiger partial charge < -0.3 is 0 Å². The van der Waals surface area contributed by atoms with E-state index >= 15 is 0 Å². The molecule has 3 rings (SSSR count). The van der Waals surface area contributed by atoms with E-state index in [9.17, 15) is 0 Å². The Kier molecular flexibility index (Phi) is 4.92. The summed E-state index contributed by atoms with van der Waals surface area (Å²) < 4.78 is 0. The third-order valence-electron chi connectivity index (χ3n) is 4.73. The molecule has 0 nitrogen and oxygen atoms in total. The minimum atomic E-state index is 0.512. The lowest BCUT2D eigenvalue weighted by Gasteiger charge is -2.20. The van der Waals surface area contributed by atoms with Crippen LogP contribution < -0.4 is 0 Å². The van der Waals surface area contributed by atoms with E-state index in [4.69, 9.17) is 0 Å². The molecule has 0 aliphatic rings. The molecule has 0 unspecified atom stereocenters. The molecule has 0 radical (unpaired) electrons. The summed E-state index contributed by atoms with van der Waals surface area (Å²) in [5.41, 5.74) is 7.11. The molecule has 0 heteroatoms. The topological polar surface area (TPSA) is 0 Å². The molecule has 0 spiro atoms. The van der Waals surface area contributed by atoms with Crippen LogP contribution in [0.25, 0.3) is 0 Å². The fraction of sp³-hybridized carbons (Fsp3) is 0.217. The van der Waals surface area contributed by atoms with Crippen LogP contribution in [0.1, 0.15) is 33.7 Å². The van der Waals surface area contributed by atoms with E-state index in [1.165, 1.54) is 27.8 Å². The average molecular weight is 300 g/mol. The Labute approximate surface area is 139 Å². The van der Waals surface area contributed by atoms with Gasteiger partial charge in [-0.3, -0.25) is 0 Å². The maximum atomic E-state index is 2.27. The molecule has 0 aliphatic carbocycles. The van der Waals surface area contributed by atoms with E-state index < -0.39 is 0 Å². The largest absolute Gasteiger partial charge is 0.0622 e. The first-order valence-corrected chi connectivity index (χ1v) is 8.38. The zero-order valence-electron chi connectivity index (χ0n) is 14.0. The van der Waals surface area contributed by atoms with Crippen molar-refractivity contribution < 1.29 is 0 Å². The minimum absolute atomic E-state index is 0.512. The van der Waals surface area contributed by atoms with Gasteiger partial charge in [0.25, 0.3) is 0 Å². The predicted molar refractivity (Wildman–Crippen MR) is 98.9 cm³/mol. The molecule has 0 atom stereocenters. The summed E-state index contributed by atoms with van der Waals surface area (Å²) in [6.45, 7) is 4.43. The normalized spacial score (nSPS) is 10.9. The Morgan fingerprint density at radius 1 is 0.565 bits per heavy atom. The standard InChI is InChI=1S/C23H24/c1-18-10-6-8-14-21(18)16-23(20-12-4-3-5-13-20)17-22-15-9-7-11-19(22)2/h3-15,23H,16-17H2,1-2H3. The molecule has 3 aromatic rings. The molecule has 0 fully saturated rings. The van der Waals surface area contributed by atoms with Crippen LogP contribution >= 0.6 is 0 Å². The maximum Gasteiger partial charge on any atom is -0.00808 e. The van der Waals surface area contributed by atoms with Crippen molar-refractivity contribution >= 4 is 0 Å². The molecule has 0 bridgehead atoms. The molecule has 116 valence electrons. The first-order chi connectivity index (χ1) is 11.2. The van der Waals surface area contributed by atoms with Crippen LogP contribution in [0.4, 0.5) is 0 Å². The van der Waals surface area contributed by atoms with Crippen molar-refractivity contribution in [3.05, 3.63) is 107 Å². The Morgan fingerprint density at radius 3 is 1.48 bits per heavy atom. The Hall–Kier alpha value is -2.34. The van der Waals surface area contributed by atoms with E-state index in [0.29, 0.717) is 5.92 Å². The molecule has 0 amide bonds. The fourth-order valence-electron chi connectivity index (χ4n) is 3.24. The monoisotopic (exact) mass is 300 g/mol. The first-order valence-electron chi connectivity index (χ1n) is 8.38. The van der Waals surface area contributed by atoms with Crippen LogP contribution in [-0.2, 0) is 12.8 Å². The van der Waals surface area contributed by atoms with Crippen molar-refractivity contribution in [2.45, 2.75) is 32.6 Å². The van der Waals surface area contributed by atoms with E-state index in [1.807, 2.05) is 0 Å². The highest BCUT2D eigenvalue weighted by Crippen LogP contribution is 2.27. The molecule has 0 aliphatic heterocycles. The fourth-order valence-corrected chi connectivity index (χ4v) is 3.24. The zero-order chi connectivity index (χ0) is 16.1. The second kappa shape index (κ2) is 7.28. The number of hydrogen-bond donors (Lipinski definition) is 0. The Morgan fingerprint density at radius 2 is 1.00 bits per heavy atom. The lowest BCUT2D eigenvalue weighted by atomic mass is 9.84. The first kappa shape index (κ1) is 15.6. The third-order valence-corrected chi connectivity index (χ3v) is 4.73. The van der Waals surface area contributed by atoms with Crippen molar-refractivity contribution in [1.29, 1.82) is 0 Å². The number of hydrogen-bond acceptors (Lipinski definition) is 0. The smallest absolute Gasteiger partial charge is 0.00808 e. The second-order valence-electron chi connectivity index (χ2n) is 6.37. The van der Waals surface area contributed by atoms with E-state index in [2.05, 4.69) is 92.7 Å². The van der Waals surface area contributed by atoms with Crippen molar-refractivity contribution in [2.24, 2.45) is 0 Å². The van der Waals surface area contributed by atoms with Gasteiger partial charge in [-0.05, 0) is 60.4 Å². The van der Waals surface area contributed by atoms with Crippen LogP contribution in [0.3, 0.4) is 0 Å². The average Bonchev–Trinajstić information content (AvgIpc) is 2.59. The van der Waals surface area contributed by atoms with Gasteiger partial charge in [0.15, 0.2) is 0 Å². The molecular formula is C23H24. The van der Waals surface area contributed by atoms with Crippen LogP contribution in [0.5, 0.6) is 0 Å². The Bertz CT molecular complexity index is 708. The van der Waals surface area contributed by atoms with Gasteiger partial charge in [0.1, 0.15) is 0 Å². The summed E-state index contributed by atoms with van der Waals surface area (Å²) in [5, 5.41) is 0. The van der Waals surface area contributed by atoms with E-state index in [0.717, 1.165) is 12.8 Å². The van der Waals surface area contributed by atoms with Gasteiger partial charge in [0, 0.05) is 0 Å². The van der Waals surface area contributed by atoms with Gasteiger partial charge in [-0.1, -0.05) is 78.9 Å². The molecule has 3 aromatic carbocycles. The van der Waals surface area contributed by atoms with E-state index in [-0.39, 0.29) is 0 Å². The molecular weight excluding hydrogens is 276 g/mol. The Balaban J connectivity index is 1.91. The third kappa shape index (κ3) is 3.90. The molecule has 0 aromatic heterocycles. The summed E-state index contributed by atoms with van der Waals surface area (Å²) in [6.07, 6.45) is 2.18. The van der Waals surface area contributed by atoms with Gasteiger partial charge in [-0.25, -0.2) is 0 Å². The predicted octanol–water partition coefficient (Wildman–Crippen LogP) is 5.87. The van der Waals surface area contributed by atoms with Crippen LogP contribution in [0, 0.1) is 13.8 Å². The van der Waals surface area contributed by atoms with E-state index in [1.54, 1.807) is 0 Å². The van der Waals surface area contributed by atoms with Gasteiger partial charge in [-0.2, -0.15) is 0 Å². The zero-order valence-corrected chi connectivity index (χ0v) is 14.0. The molecule has 0 N–H and O–H groups in total. The van der Waals surface area contributed by atoms with Crippen molar-refractivity contribution in [3.8, 4) is 0 Å². The van der Waals surface area contributed by atoms with Gasteiger partial charge in [0.05, 0.1) is 0 Å². The quantitative estimate of drug-likeness (QED) is 0.552. The highest BCUT2D eigenvalue weighted by Gasteiger charge is 2.15. The molecule has 23 heavy (non-hydrogen) atoms. The van der Waals surface area contributed by atoms with Crippen LogP contribution in [0.15, 0.2) is 78.9 Å². The summed E-state index contributed by atoms with van der Waals surface area (Å²) >= 11 is 0. The summed E-state index contributed by atoms with van der Waals surface area (Å²) in [7, 11) is 0. The molecule has 0 saturated heterocycles. The van der Waals surface area contributed by atoms with Crippen LogP contribution in [-0.4, -0.2) is 0 Å². The number of benzene rings is 3. The van der Waals surface area contributed by atoms with Crippen LogP contribution in [0.2, 0.25) is 0 Å². The SMILES string of the molecule is Cc1ccccc1CC(Cc1ccccc1C)c1ccccc1. The van der Waals surface area contributed by atoms with Crippen molar-refractivity contribution in [3.63, 3.8) is 0 Å². The number of rotatable bonds is 5.